The molecule has 38 heavy (non-hydrogen) atoms. The first-order valence-corrected chi connectivity index (χ1v) is 13.4. The van der Waals surface area contributed by atoms with Crippen molar-refractivity contribution < 1.29 is 9.18 Å². The van der Waals surface area contributed by atoms with Crippen LogP contribution in [0.3, 0.4) is 0 Å². The minimum absolute atomic E-state index is 0.242. The van der Waals surface area contributed by atoms with E-state index in [1.165, 1.54) is 29.7 Å². The lowest BCUT2D eigenvalue weighted by molar-refractivity contribution is 0.103. The van der Waals surface area contributed by atoms with Crippen molar-refractivity contribution in [3.63, 3.8) is 0 Å². The number of thiazole rings is 1. The Morgan fingerprint density at radius 2 is 1.79 bits per heavy atom. The largest absolute Gasteiger partial charge is 0.368 e. The van der Waals surface area contributed by atoms with E-state index in [0.717, 1.165) is 24.3 Å². The summed E-state index contributed by atoms with van der Waals surface area (Å²) in [5, 5.41) is 6.96. The van der Waals surface area contributed by atoms with E-state index in [2.05, 4.69) is 40.4 Å². The molecule has 9 nitrogen and oxygen atoms in total. The molecule has 0 aliphatic carbocycles. The second-order valence-corrected chi connectivity index (χ2v) is 10.2. The molecule has 1 saturated heterocycles. The van der Waals surface area contributed by atoms with E-state index in [-0.39, 0.29) is 11.7 Å². The number of aryl methyl sites for hydroxylation is 2. The van der Waals surface area contributed by atoms with E-state index in [1.54, 1.807) is 18.2 Å². The number of halogens is 2. The molecule has 196 valence electrons. The molecule has 0 spiro atoms. The minimum Gasteiger partial charge on any atom is -0.368 e. The van der Waals surface area contributed by atoms with Crippen LogP contribution in [0.5, 0.6) is 0 Å². The van der Waals surface area contributed by atoms with Crippen LogP contribution < -0.4 is 20.4 Å². The Labute approximate surface area is 228 Å². The highest BCUT2D eigenvalue weighted by molar-refractivity contribution is 7.17. The second-order valence-electron chi connectivity index (χ2n) is 8.72. The van der Waals surface area contributed by atoms with E-state index >= 15 is 0 Å². The summed E-state index contributed by atoms with van der Waals surface area (Å²) in [4.78, 5) is 35.6. The highest BCUT2D eigenvalue weighted by Crippen LogP contribution is 2.28. The Balaban J connectivity index is 1.26. The Kier molecular flexibility index (Phi) is 7.66. The third-order valence-electron chi connectivity index (χ3n) is 6.15. The van der Waals surface area contributed by atoms with Crippen LogP contribution in [0, 0.1) is 12.7 Å². The maximum atomic E-state index is 13.3. The van der Waals surface area contributed by atoms with E-state index in [1.807, 2.05) is 26.0 Å². The van der Waals surface area contributed by atoms with Gasteiger partial charge in [0.15, 0.2) is 5.13 Å². The number of rotatable bonds is 7. The molecule has 1 fully saturated rings. The van der Waals surface area contributed by atoms with Crippen molar-refractivity contribution in [3.8, 4) is 0 Å². The van der Waals surface area contributed by atoms with E-state index in [0.29, 0.717) is 58.0 Å². The van der Waals surface area contributed by atoms with Crippen LogP contribution in [-0.4, -0.2) is 52.0 Å². The van der Waals surface area contributed by atoms with Crippen LogP contribution in [0.1, 0.15) is 28.0 Å². The molecule has 1 amide bonds. The van der Waals surface area contributed by atoms with Gasteiger partial charge in [-0.05, 0) is 42.8 Å². The van der Waals surface area contributed by atoms with Gasteiger partial charge in [0.2, 0.25) is 11.9 Å². The third kappa shape index (κ3) is 5.84. The maximum absolute atomic E-state index is 13.3. The Bertz CT molecular complexity index is 1420. The number of nitrogens with one attached hydrogen (secondary N) is 2. The van der Waals surface area contributed by atoms with Crippen molar-refractivity contribution >= 4 is 57.2 Å². The molecule has 2 aromatic carbocycles. The fourth-order valence-corrected chi connectivity index (χ4v) is 5.05. The van der Waals surface area contributed by atoms with Crippen molar-refractivity contribution in [2.75, 3.05) is 46.6 Å². The number of para-hydroxylation sites is 1. The van der Waals surface area contributed by atoms with Gasteiger partial charge in [0.1, 0.15) is 16.5 Å². The monoisotopic (exact) mass is 552 g/mol. The molecule has 12 heteroatoms. The van der Waals surface area contributed by atoms with Gasteiger partial charge in [-0.2, -0.15) is 15.0 Å². The van der Waals surface area contributed by atoms with Crippen LogP contribution in [0.2, 0.25) is 5.02 Å². The van der Waals surface area contributed by atoms with Crippen molar-refractivity contribution in [2.24, 2.45) is 0 Å². The van der Waals surface area contributed by atoms with Gasteiger partial charge in [-0.3, -0.25) is 10.1 Å². The number of carbonyl (C=O) groups is 1. The average Bonchev–Trinajstić information content (AvgIpc) is 3.39. The van der Waals surface area contributed by atoms with Crippen LogP contribution >= 0.6 is 22.9 Å². The summed E-state index contributed by atoms with van der Waals surface area (Å²) in [5.74, 6) is 1.07. The van der Waals surface area contributed by atoms with Gasteiger partial charge in [0.05, 0.1) is 16.9 Å². The van der Waals surface area contributed by atoms with Gasteiger partial charge in [0.25, 0.3) is 5.91 Å². The van der Waals surface area contributed by atoms with Crippen LogP contribution in [0.15, 0.2) is 48.7 Å². The highest BCUT2D eigenvalue weighted by atomic mass is 35.5. The molecular weight excluding hydrogens is 527 g/mol. The molecule has 1 aliphatic rings. The molecule has 2 aromatic heterocycles. The van der Waals surface area contributed by atoms with Crippen molar-refractivity contribution in [2.45, 2.75) is 20.3 Å². The lowest BCUT2D eigenvalue weighted by Gasteiger charge is -2.36. The quantitative estimate of drug-likeness (QED) is 0.318. The molecule has 0 atom stereocenters. The lowest BCUT2D eigenvalue weighted by Crippen LogP contribution is -2.47. The highest BCUT2D eigenvalue weighted by Gasteiger charge is 2.21. The fraction of sp³-hybridized carbons (Fsp3) is 0.269. The Morgan fingerprint density at radius 3 is 2.50 bits per heavy atom. The van der Waals surface area contributed by atoms with Crippen LogP contribution in [-0.2, 0) is 6.42 Å². The zero-order chi connectivity index (χ0) is 26.6. The molecule has 0 radical (unpaired) electrons. The van der Waals surface area contributed by atoms with Gasteiger partial charge >= 0.3 is 0 Å². The summed E-state index contributed by atoms with van der Waals surface area (Å²) in [7, 11) is 0. The van der Waals surface area contributed by atoms with Gasteiger partial charge in [-0.1, -0.05) is 42.0 Å². The standard InChI is InChI=1S/C26H26ClFN8OS/c1-3-21-30-24(33-25(31-21)36-13-11-35(12-14-36)18-9-7-17(28)8-10-18)34-26-29-15-20(38-26)23(37)32-22-16(2)5-4-6-19(22)27/h4-10,15H,3,11-14H2,1-2H3,(H,32,37)(H,29,30,31,33,34). The zero-order valence-corrected chi connectivity index (χ0v) is 22.5. The molecule has 1 aliphatic heterocycles. The molecule has 3 heterocycles. The number of nitrogens with zero attached hydrogens (tertiary/aromatic N) is 6. The summed E-state index contributed by atoms with van der Waals surface area (Å²) in [6.07, 6.45) is 2.15. The third-order valence-corrected chi connectivity index (χ3v) is 7.38. The number of hydrogen-bond acceptors (Lipinski definition) is 9. The van der Waals surface area contributed by atoms with Crippen LogP contribution in [0.25, 0.3) is 0 Å². The molecule has 0 unspecified atom stereocenters. The normalized spacial score (nSPS) is 13.5. The van der Waals surface area contributed by atoms with Crippen molar-refractivity contribution in [3.05, 3.63) is 75.8 Å². The molecular formula is C26H26ClFN8OS. The number of anilines is 5. The van der Waals surface area contributed by atoms with E-state index < -0.39 is 0 Å². The predicted octanol–water partition coefficient (Wildman–Crippen LogP) is 5.31. The topological polar surface area (TPSA) is 99.2 Å². The first-order valence-electron chi connectivity index (χ1n) is 12.2. The Hall–Kier alpha value is -3.83. The summed E-state index contributed by atoms with van der Waals surface area (Å²) in [6, 6.07) is 12.0. The number of amides is 1. The zero-order valence-electron chi connectivity index (χ0n) is 20.9. The number of carbonyl (C=O) groups excluding carboxylic acids is 1. The van der Waals surface area contributed by atoms with Gasteiger partial charge in [-0.15, -0.1) is 0 Å². The van der Waals surface area contributed by atoms with Crippen molar-refractivity contribution in [1.82, 2.24) is 19.9 Å². The predicted molar refractivity (Wildman–Crippen MR) is 150 cm³/mol. The maximum Gasteiger partial charge on any atom is 0.267 e. The summed E-state index contributed by atoms with van der Waals surface area (Å²) in [5.41, 5.74) is 2.44. The lowest BCUT2D eigenvalue weighted by atomic mass is 10.2. The second kappa shape index (κ2) is 11.3. The number of aromatic nitrogens is 4. The number of benzene rings is 2. The van der Waals surface area contributed by atoms with E-state index in [4.69, 9.17) is 11.6 Å². The van der Waals surface area contributed by atoms with Gasteiger partial charge in [0, 0.05) is 38.3 Å². The first kappa shape index (κ1) is 25.8. The Morgan fingerprint density at radius 1 is 1.05 bits per heavy atom. The van der Waals surface area contributed by atoms with E-state index in [9.17, 15) is 9.18 Å². The average molecular weight is 553 g/mol. The molecule has 0 bridgehead atoms. The van der Waals surface area contributed by atoms with Crippen LogP contribution in [0.4, 0.5) is 32.8 Å². The molecule has 5 rings (SSSR count). The minimum atomic E-state index is -0.295. The van der Waals surface area contributed by atoms with Gasteiger partial charge in [-0.25, -0.2) is 9.37 Å². The summed E-state index contributed by atoms with van der Waals surface area (Å²) >= 11 is 7.44. The summed E-state index contributed by atoms with van der Waals surface area (Å²) in [6.45, 7) is 6.82. The first-order chi connectivity index (χ1) is 18.4. The van der Waals surface area contributed by atoms with Gasteiger partial charge < -0.3 is 15.1 Å². The van der Waals surface area contributed by atoms with Crippen molar-refractivity contribution in [1.29, 1.82) is 0 Å². The molecule has 2 N–H and O–H groups in total. The summed E-state index contributed by atoms with van der Waals surface area (Å²) < 4.78 is 13.3. The SMILES string of the molecule is CCc1nc(Nc2ncc(C(=O)Nc3c(C)cccc3Cl)s2)nc(N2CCN(c3ccc(F)cc3)CC2)n1. The number of piperazine rings is 1. The fourth-order valence-electron chi connectivity index (χ4n) is 4.08. The molecule has 0 saturated carbocycles. The number of hydrogen-bond donors (Lipinski definition) is 2. The smallest absolute Gasteiger partial charge is 0.267 e. The molecule has 4 aromatic rings.